The van der Waals surface area contributed by atoms with Gasteiger partial charge < -0.3 is 14.9 Å². The van der Waals surface area contributed by atoms with Crippen molar-refractivity contribution in [3.8, 4) is 0 Å². The molecule has 0 aliphatic carbocycles. The van der Waals surface area contributed by atoms with Gasteiger partial charge in [-0.1, -0.05) is 0 Å². The Balaban J connectivity index is 2.41. The monoisotopic (exact) mass is 224 g/mol. The lowest BCUT2D eigenvalue weighted by Crippen LogP contribution is -2.46. The molecule has 0 aromatic rings. The molecular weight excluding hydrogens is 208 g/mol. The predicted octanol–water partition coefficient (Wildman–Crippen LogP) is -1.11. The molecule has 0 bridgehead atoms. The van der Waals surface area contributed by atoms with Crippen molar-refractivity contribution in [1.82, 2.24) is 0 Å². The number of hydrogen-bond donors (Lipinski definition) is 3. The summed E-state index contributed by atoms with van der Waals surface area (Å²) in [6.07, 6.45) is -1.70. The number of thiol groups is 1. The van der Waals surface area contributed by atoms with Crippen LogP contribution in [-0.4, -0.2) is 48.8 Å². The van der Waals surface area contributed by atoms with Gasteiger partial charge in [-0.05, 0) is 13.3 Å². The quantitative estimate of drug-likeness (QED) is 0.529. The van der Waals surface area contributed by atoms with Gasteiger partial charge in [-0.3, -0.25) is 0 Å². The molecule has 1 rings (SSSR count). The largest absolute Gasteiger partial charge is 0.390 e. The summed E-state index contributed by atoms with van der Waals surface area (Å²) in [5.74, 6) is 0.0650. The molecule has 1 aliphatic rings. The van der Waals surface area contributed by atoms with Crippen molar-refractivity contribution in [3.05, 3.63) is 0 Å². The number of rotatable bonds is 3. The van der Waals surface area contributed by atoms with Crippen LogP contribution in [0.15, 0.2) is 0 Å². The first-order chi connectivity index (χ1) is 6.50. The van der Waals surface area contributed by atoms with Gasteiger partial charge in [0.2, 0.25) is 0 Å². The highest BCUT2D eigenvalue weighted by atomic mass is 32.2. The minimum atomic E-state index is -2.39. The first-order valence-electron chi connectivity index (χ1n) is 4.64. The standard InChI is InChI=1S/C8H16O5S/c1-5-8(10)7(9)4-6(13-5)2-3-14(11)12/h5-10,14H,2-4H2,1H3/t5?,6-,7+,8-/m1/s1. The van der Waals surface area contributed by atoms with E-state index in [4.69, 9.17) is 4.74 Å². The molecule has 1 fully saturated rings. The lowest BCUT2D eigenvalue weighted by atomic mass is 9.97. The fourth-order valence-corrected chi connectivity index (χ4v) is 2.10. The van der Waals surface area contributed by atoms with Crippen LogP contribution in [0.1, 0.15) is 19.8 Å². The van der Waals surface area contributed by atoms with Crippen LogP contribution >= 0.6 is 0 Å². The van der Waals surface area contributed by atoms with Crippen molar-refractivity contribution in [2.24, 2.45) is 0 Å². The highest BCUT2D eigenvalue weighted by molar-refractivity contribution is 7.72. The minimum Gasteiger partial charge on any atom is -0.390 e. The highest BCUT2D eigenvalue weighted by Gasteiger charge is 2.33. The molecule has 14 heavy (non-hydrogen) atoms. The van der Waals surface area contributed by atoms with Gasteiger partial charge >= 0.3 is 0 Å². The first kappa shape index (κ1) is 11.9. The molecule has 0 spiro atoms. The van der Waals surface area contributed by atoms with Crippen LogP contribution in [0.4, 0.5) is 0 Å². The number of ether oxygens (including phenoxy) is 1. The highest BCUT2D eigenvalue weighted by Crippen LogP contribution is 2.21. The van der Waals surface area contributed by atoms with Crippen molar-refractivity contribution < 1.29 is 23.4 Å². The third-order valence-corrected chi connectivity index (χ3v) is 3.04. The van der Waals surface area contributed by atoms with Gasteiger partial charge in [-0.15, -0.1) is 0 Å². The lowest BCUT2D eigenvalue weighted by molar-refractivity contribution is -0.161. The zero-order valence-electron chi connectivity index (χ0n) is 8.00. The van der Waals surface area contributed by atoms with E-state index in [9.17, 15) is 18.6 Å². The Kier molecular flexibility index (Phi) is 4.31. The van der Waals surface area contributed by atoms with Gasteiger partial charge in [0.25, 0.3) is 0 Å². The second-order valence-corrected chi connectivity index (χ2v) is 4.71. The zero-order chi connectivity index (χ0) is 10.7. The van der Waals surface area contributed by atoms with Gasteiger partial charge in [0, 0.05) is 6.42 Å². The Morgan fingerprint density at radius 1 is 1.43 bits per heavy atom. The van der Waals surface area contributed by atoms with Gasteiger partial charge in [0.05, 0.1) is 24.1 Å². The van der Waals surface area contributed by atoms with Crippen molar-refractivity contribution in [1.29, 1.82) is 0 Å². The summed E-state index contributed by atoms with van der Waals surface area (Å²) < 4.78 is 26.0. The number of hydrogen-bond acceptors (Lipinski definition) is 5. The topological polar surface area (TPSA) is 83.8 Å². The number of aliphatic hydroxyl groups excluding tert-OH is 2. The molecule has 1 aliphatic heterocycles. The molecule has 4 atom stereocenters. The molecule has 1 unspecified atom stereocenters. The molecule has 1 saturated heterocycles. The average molecular weight is 224 g/mol. The summed E-state index contributed by atoms with van der Waals surface area (Å²) in [4.78, 5) is 0. The predicted molar refractivity (Wildman–Crippen MR) is 50.8 cm³/mol. The van der Waals surface area contributed by atoms with Crippen LogP contribution in [0.5, 0.6) is 0 Å². The Bertz CT molecular complexity index is 232. The van der Waals surface area contributed by atoms with E-state index >= 15 is 0 Å². The van der Waals surface area contributed by atoms with Gasteiger partial charge in [-0.25, -0.2) is 8.42 Å². The molecule has 2 N–H and O–H groups in total. The fourth-order valence-electron chi connectivity index (χ4n) is 1.60. The summed E-state index contributed by atoms with van der Waals surface area (Å²) in [6, 6.07) is 0. The maximum Gasteiger partial charge on any atom is 0.140 e. The molecule has 5 nitrogen and oxygen atoms in total. The molecule has 84 valence electrons. The van der Waals surface area contributed by atoms with Crippen LogP contribution < -0.4 is 0 Å². The molecule has 6 heteroatoms. The van der Waals surface area contributed by atoms with Crippen molar-refractivity contribution in [2.45, 2.75) is 44.2 Å². The Morgan fingerprint density at radius 2 is 2.07 bits per heavy atom. The average Bonchev–Trinajstić information content (AvgIpc) is 2.10. The third-order valence-electron chi connectivity index (χ3n) is 2.42. The van der Waals surface area contributed by atoms with E-state index in [1.54, 1.807) is 6.92 Å². The molecular formula is C8H16O5S. The molecule has 0 aromatic heterocycles. The molecule has 0 saturated carbocycles. The molecule has 0 aromatic carbocycles. The Morgan fingerprint density at radius 3 is 2.57 bits per heavy atom. The Labute approximate surface area is 84.6 Å². The second kappa shape index (κ2) is 5.06. The van der Waals surface area contributed by atoms with E-state index in [-0.39, 0.29) is 11.9 Å². The normalized spacial score (nSPS) is 38.9. The van der Waals surface area contributed by atoms with Gasteiger partial charge in [0.1, 0.15) is 16.8 Å². The van der Waals surface area contributed by atoms with Gasteiger partial charge in [-0.2, -0.15) is 0 Å². The maximum atomic E-state index is 10.3. The van der Waals surface area contributed by atoms with E-state index in [0.717, 1.165) is 0 Å². The Hall–Kier alpha value is -0.170. The van der Waals surface area contributed by atoms with Crippen molar-refractivity contribution >= 4 is 10.7 Å². The number of aliphatic hydroxyl groups is 2. The summed E-state index contributed by atoms with van der Waals surface area (Å²) >= 11 is 0. The van der Waals surface area contributed by atoms with Crippen LogP contribution in [0.25, 0.3) is 0 Å². The minimum absolute atomic E-state index is 0.0650. The first-order valence-corrected chi connectivity index (χ1v) is 6.00. The summed E-state index contributed by atoms with van der Waals surface area (Å²) in [5.41, 5.74) is 0. The van der Waals surface area contributed by atoms with E-state index in [1.807, 2.05) is 0 Å². The second-order valence-electron chi connectivity index (χ2n) is 3.60. The van der Waals surface area contributed by atoms with Crippen LogP contribution in [-0.2, 0) is 15.4 Å². The van der Waals surface area contributed by atoms with Crippen molar-refractivity contribution in [3.63, 3.8) is 0 Å². The van der Waals surface area contributed by atoms with E-state index < -0.39 is 29.0 Å². The summed E-state index contributed by atoms with van der Waals surface area (Å²) in [6.45, 7) is 1.66. The van der Waals surface area contributed by atoms with Crippen LogP contribution in [0.3, 0.4) is 0 Å². The fraction of sp³-hybridized carbons (Fsp3) is 1.00. The van der Waals surface area contributed by atoms with Gasteiger partial charge in [0.15, 0.2) is 0 Å². The van der Waals surface area contributed by atoms with E-state index in [2.05, 4.69) is 0 Å². The lowest BCUT2D eigenvalue weighted by Gasteiger charge is -2.35. The third kappa shape index (κ3) is 3.20. The van der Waals surface area contributed by atoms with Crippen molar-refractivity contribution in [2.75, 3.05) is 5.75 Å². The summed E-state index contributed by atoms with van der Waals surface area (Å²) in [7, 11) is -2.39. The van der Waals surface area contributed by atoms with E-state index in [0.29, 0.717) is 12.8 Å². The summed E-state index contributed by atoms with van der Waals surface area (Å²) in [5, 5.41) is 18.7. The van der Waals surface area contributed by atoms with Crippen LogP contribution in [0.2, 0.25) is 0 Å². The van der Waals surface area contributed by atoms with Crippen LogP contribution in [0, 0.1) is 0 Å². The maximum absolute atomic E-state index is 10.3. The molecule has 0 radical (unpaired) electrons. The molecule has 0 amide bonds. The van der Waals surface area contributed by atoms with E-state index in [1.165, 1.54) is 0 Å². The smallest absolute Gasteiger partial charge is 0.140 e. The molecule has 1 heterocycles. The zero-order valence-corrected chi connectivity index (χ0v) is 8.89. The SMILES string of the molecule is CC1O[C@H](CC[SH](=O)=O)C[C@H](O)[C@@H]1O.